The topological polar surface area (TPSA) is 46.5 Å². The molecular weight excluding hydrogens is 166 g/mol. The summed E-state index contributed by atoms with van der Waals surface area (Å²) >= 11 is 0. The smallest absolute Gasteiger partial charge is 0.266 e. The molecule has 0 aliphatic rings. The van der Waals surface area contributed by atoms with Crippen molar-refractivity contribution in [2.75, 3.05) is 0 Å². The Balaban J connectivity index is 2.98. The molecule has 0 N–H and O–H groups in total. The van der Waals surface area contributed by atoms with E-state index >= 15 is 0 Å². The van der Waals surface area contributed by atoms with E-state index in [1.54, 1.807) is 30.3 Å². The molecule has 0 atom stereocenters. The number of benzene rings is 1. The number of aliphatic imine (C=N–C) groups is 1. The van der Waals surface area contributed by atoms with Gasteiger partial charge in [-0.25, -0.2) is 4.79 Å². The first kappa shape index (κ1) is 9.10. The van der Waals surface area contributed by atoms with Gasteiger partial charge in [0, 0.05) is 5.56 Å². The summed E-state index contributed by atoms with van der Waals surface area (Å²) in [6, 6.07) is 6.61. The lowest BCUT2D eigenvalue weighted by atomic mass is 10.1. The molecule has 3 nitrogen and oxygen atoms in total. The lowest BCUT2D eigenvalue weighted by Crippen LogP contribution is -1.93. The van der Waals surface area contributed by atoms with Crippen LogP contribution in [-0.4, -0.2) is 12.0 Å². The van der Waals surface area contributed by atoms with Crippen molar-refractivity contribution in [2.45, 2.75) is 0 Å². The van der Waals surface area contributed by atoms with Crippen LogP contribution in [0.5, 0.6) is 0 Å². The standard InChI is InChI=1S/C10H7NO2/c1-2-8-3-5-9(6-4-8)10(13)11-7-12/h2-6H,1H2. The molecular formula is C10H7NO2. The molecule has 0 saturated carbocycles. The van der Waals surface area contributed by atoms with Crippen LogP contribution in [0, 0.1) is 0 Å². The molecule has 64 valence electrons. The molecule has 13 heavy (non-hydrogen) atoms. The third-order valence-electron chi connectivity index (χ3n) is 1.54. The van der Waals surface area contributed by atoms with Crippen LogP contribution in [0.1, 0.15) is 15.9 Å². The fraction of sp³-hybridized carbons (Fsp3) is 0. The van der Waals surface area contributed by atoms with Gasteiger partial charge in [0.1, 0.15) is 0 Å². The third kappa shape index (κ3) is 2.22. The lowest BCUT2D eigenvalue weighted by molar-refractivity contribution is 0.100. The fourth-order valence-corrected chi connectivity index (χ4v) is 0.868. The van der Waals surface area contributed by atoms with Gasteiger partial charge in [-0.2, -0.15) is 0 Å². The number of amides is 1. The Morgan fingerprint density at radius 3 is 2.46 bits per heavy atom. The second-order valence-corrected chi connectivity index (χ2v) is 2.33. The average Bonchev–Trinajstić information content (AvgIpc) is 2.18. The number of isocyanates is 1. The maximum absolute atomic E-state index is 11.0. The Morgan fingerprint density at radius 1 is 1.38 bits per heavy atom. The predicted octanol–water partition coefficient (Wildman–Crippen LogP) is 1.81. The highest BCUT2D eigenvalue weighted by Gasteiger charge is 2.01. The Bertz CT molecular complexity index is 372. The van der Waals surface area contributed by atoms with E-state index in [1.165, 1.54) is 6.08 Å². The Kier molecular flexibility index (Phi) is 2.90. The zero-order chi connectivity index (χ0) is 9.68. The molecule has 0 heterocycles. The number of carbonyl (C=O) groups is 1. The first-order chi connectivity index (χ1) is 6.27. The molecule has 0 aliphatic carbocycles. The number of rotatable bonds is 2. The van der Waals surface area contributed by atoms with Crippen LogP contribution in [-0.2, 0) is 4.79 Å². The summed E-state index contributed by atoms with van der Waals surface area (Å²) in [4.78, 5) is 23.8. The van der Waals surface area contributed by atoms with E-state index in [4.69, 9.17) is 0 Å². The number of carbonyl (C=O) groups excluding carboxylic acids is 2. The van der Waals surface area contributed by atoms with Crippen LogP contribution in [0.25, 0.3) is 6.08 Å². The minimum absolute atomic E-state index is 0.369. The number of nitrogens with zero attached hydrogens (tertiary/aromatic N) is 1. The molecule has 0 aliphatic heterocycles. The highest BCUT2D eigenvalue weighted by molar-refractivity contribution is 5.97. The van der Waals surface area contributed by atoms with Crippen LogP contribution in [0.15, 0.2) is 35.8 Å². The highest BCUT2D eigenvalue weighted by atomic mass is 16.2. The van der Waals surface area contributed by atoms with Crippen LogP contribution >= 0.6 is 0 Å². The Morgan fingerprint density at radius 2 is 2.00 bits per heavy atom. The maximum Gasteiger partial charge on any atom is 0.287 e. The zero-order valence-corrected chi connectivity index (χ0v) is 6.86. The van der Waals surface area contributed by atoms with Gasteiger partial charge in [0.2, 0.25) is 6.08 Å². The molecule has 0 spiro atoms. The quantitative estimate of drug-likeness (QED) is 0.505. The van der Waals surface area contributed by atoms with Gasteiger partial charge < -0.3 is 0 Å². The molecule has 1 rings (SSSR count). The van der Waals surface area contributed by atoms with Crippen molar-refractivity contribution >= 4 is 18.1 Å². The summed E-state index contributed by atoms with van der Waals surface area (Å²) in [5, 5.41) is 0. The molecule has 0 saturated heterocycles. The Labute approximate surface area is 75.4 Å². The zero-order valence-electron chi connectivity index (χ0n) is 6.86. The molecule has 1 amide bonds. The normalized spacial score (nSPS) is 8.62. The van der Waals surface area contributed by atoms with Crippen molar-refractivity contribution in [3.63, 3.8) is 0 Å². The van der Waals surface area contributed by atoms with Gasteiger partial charge in [0.25, 0.3) is 5.91 Å². The average molecular weight is 173 g/mol. The monoisotopic (exact) mass is 173 g/mol. The summed E-state index contributed by atoms with van der Waals surface area (Å²) < 4.78 is 0. The van der Waals surface area contributed by atoms with Crippen molar-refractivity contribution in [3.8, 4) is 0 Å². The summed E-state index contributed by atoms with van der Waals surface area (Å²) in [5.41, 5.74) is 1.28. The molecule has 0 bridgehead atoms. The van der Waals surface area contributed by atoms with E-state index in [0.717, 1.165) is 5.56 Å². The van der Waals surface area contributed by atoms with Gasteiger partial charge in [-0.15, -0.1) is 4.99 Å². The van der Waals surface area contributed by atoms with Crippen LogP contribution in [0.4, 0.5) is 0 Å². The maximum atomic E-state index is 11.0. The molecule has 3 heteroatoms. The minimum Gasteiger partial charge on any atom is -0.266 e. The van der Waals surface area contributed by atoms with Gasteiger partial charge in [0.15, 0.2) is 0 Å². The molecule has 0 radical (unpaired) electrons. The van der Waals surface area contributed by atoms with Crippen LogP contribution in [0.2, 0.25) is 0 Å². The van der Waals surface area contributed by atoms with E-state index in [-0.39, 0.29) is 0 Å². The highest BCUT2D eigenvalue weighted by Crippen LogP contribution is 2.06. The van der Waals surface area contributed by atoms with Gasteiger partial charge in [0.05, 0.1) is 0 Å². The third-order valence-corrected chi connectivity index (χ3v) is 1.54. The first-order valence-corrected chi connectivity index (χ1v) is 3.62. The minimum atomic E-state index is -0.578. The van der Waals surface area contributed by atoms with Crippen molar-refractivity contribution in [2.24, 2.45) is 4.99 Å². The van der Waals surface area contributed by atoms with Gasteiger partial charge in [-0.3, -0.25) is 4.79 Å². The molecule has 0 unspecified atom stereocenters. The van der Waals surface area contributed by atoms with E-state index in [0.29, 0.717) is 5.56 Å². The SMILES string of the molecule is C=Cc1ccc(C(=O)N=C=O)cc1. The largest absolute Gasteiger partial charge is 0.287 e. The molecule has 0 aromatic heterocycles. The van der Waals surface area contributed by atoms with Crippen molar-refractivity contribution in [3.05, 3.63) is 42.0 Å². The lowest BCUT2D eigenvalue weighted by Gasteiger charge is -1.94. The molecule has 1 aromatic carbocycles. The number of hydrogen-bond acceptors (Lipinski definition) is 2. The summed E-state index contributed by atoms with van der Waals surface area (Å²) in [6.07, 6.45) is 2.86. The van der Waals surface area contributed by atoms with E-state index in [1.807, 2.05) is 0 Å². The van der Waals surface area contributed by atoms with Crippen LogP contribution in [0.3, 0.4) is 0 Å². The second kappa shape index (κ2) is 4.14. The van der Waals surface area contributed by atoms with Crippen molar-refractivity contribution in [1.82, 2.24) is 0 Å². The van der Waals surface area contributed by atoms with Crippen molar-refractivity contribution in [1.29, 1.82) is 0 Å². The summed E-state index contributed by atoms with van der Waals surface area (Å²) in [6.45, 7) is 3.57. The van der Waals surface area contributed by atoms with Crippen molar-refractivity contribution < 1.29 is 9.59 Å². The summed E-state index contributed by atoms with van der Waals surface area (Å²) in [7, 11) is 0. The molecule has 0 fully saturated rings. The van der Waals surface area contributed by atoms with Gasteiger partial charge in [-0.1, -0.05) is 24.8 Å². The Hall–Kier alpha value is -1.99. The predicted molar refractivity (Wildman–Crippen MR) is 49.0 cm³/mol. The van der Waals surface area contributed by atoms with E-state index in [9.17, 15) is 9.59 Å². The van der Waals surface area contributed by atoms with Gasteiger partial charge in [-0.05, 0) is 17.7 Å². The molecule has 1 aromatic rings. The fourth-order valence-electron chi connectivity index (χ4n) is 0.868. The second-order valence-electron chi connectivity index (χ2n) is 2.33. The van der Waals surface area contributed by atoms with E-state index in [2.05, 4.69) is 11.6 Å². The van der Waals surface area contributed by atoms with Crippen LogP contribution < -0.4 is 0 Å². The van der Waals surface area contributed by atoms with E-state index < -0.39 is 5.91 Å². The first-order valence-electron chi connectivity index (χ1n) is 3.62. The number of hydrogen-bond donors (Lipinski definition) is 0. The van der Waals surface area contributed by atoms with Gasteiger partial charge >= 0.3 is 0 Å². The summed E-state index contributed by atoms with van der Waals surface area (Å²) in [5.74, 6) is -0.578.